The molecule has 0 heterocycles. The number of benzene rings is 2. The van der Waals surface area contributed by atoms with E-state index >= 15 is 0 Å². The van der Waals surface area contributed by atoms with Crippen LogP contribution in [-0.2, 0) is 16.0 Å². The van der Waals surface area contributed by atoms with Crippen LogP contribution in [0.5, 0.6) is 11.5 Å². The van der Waals surface area contributed by atoms with Crippen LogP contribution in [0, 0.1) is 0 Å². The number of amides is 1. The van der Waals surface area contributed by atoms with E-state index in [1.165, 1.54) is 20.2 Å². The summed E-state index contributed by atoms with van der Waals surface area (Å²) < 4.78 is 10.2. The van der Waals surface area contributed by atoms with Gasteiger partial charge >= 0.3 is 5.97 Å². The summed E-state index contributed by atoms with van der Waals surface area (Å²) in [6.45, 7) is 1.32. The molecule has 0 aromatic heterocycles. The van der Waals surface area contributed by atoms with Gasteiger partial charge in [-0.15, -0.1) is 0 Å². The highest BCUT2D eigenvalue weighted by molar-refractivity contribution is 5.83. The maximum Gasteiger partial charge on any atom is 0.308 e. The molecule has 0 aliphatic carbocycles. The van der Waals surface area contributed by atoms with Crippen molar-refractivity contribution in [1.29, 1.82) is 0 Å². The van der Waals surface area contributed by atoms with Crippen molar-refractivity contribution in [3.8, 4) is 11.5 Å². The number of nitrogens with zero attached hydrogens (tertiary/aromatic N) is 1. The molecule has 0 aliphatic heterocycles. The lowest BCUT2D eigenvalue weighted by molar-refractivity contribution is -0.132. The highest BCUT2D eigenvalue weighted by Gasteiger charge is 2.07. The van der Waals surface area contributed by atoms with Gasteiger partial charge in [-0.3, -0.25) is 9.59 Å². The minimum Gasteiger partial charge on any atom is -0.493 e. The van der Waals surface area contributed by atoms with Gasteiger partial charge in [-0.25, -0.2) is 5.43 Å². The number of ether oxygens (including phenoxy) is 2. The van der Waals surface area contributed by atoms with Gasteiger partial charge in [-0.05, 0) is 35.7 Å². The molecular weight excluding hydrogens is 320 g/mol. The van der Waals surface area contributed by atoms with Gasteiger partial charge in [-0.2, -0.15) is 5.10 Å². The van der Waals surface area contributed by atoms with Gasteiger partial charge < -0.3 is 9.47 Å². The van der Waals surface area contributed by atoms with Crippen LogP contribution in [0.4, 0.5) is 0 Å². The molecule has 0 saturated carbocycles. The molecule has 0 spiro atoms. The van der Waals surface area contributed by atoms with E-state index in [0.717, 1.165) is 5.56 Å². The molecule has 1 N–H and O–H groups in total. The minimum absolute atomic E-state index is 0.163. The first kappa shape index (κ1) is 18.2. The molecule has 6 heteroatoms. The van der Waals surface area contributed by atoms with Crippen LogP contribution in [0.2, 0.25) is 0 Å². The predicted molar refractivity (Wildman–Crippen MR) is 94.8 cm³/mol. The van der Waals surface area contributed by atoms with Crippen LogP contribution in [-0.4, -0.2) is 25.2 Å². The Labute approximate surface area is 146 Å². The van der Waals surface area contributed by atoms with Gasteiger partial charge in [-0.1, -0.05) is 30.3 Å². The van der Waals surface area contributed by atoms with E-state index in [-0.39, 0.29) is 5.91 Å². The van der Waals surface area contributed by atoms with Gasteiger partial charge in [0.1, 0.15) is 0 Å². The Morgan fingerprint density at radius 2 is 1.88 bits per heavy atom. The molecule has 1 amide bonds. The highest BCUT2D eigenvalue weighted by atomic mass is 16.6. The Kier molecular flexibility index (Phi) is 6.71. The Morgan fingerprint density at radius 1 is 1.12 bits per heavy atom. The molecule has 25 heavy (non-hydrogen) atoms. The number of esters is 1. The van der Waals surface area contributed by atoms with Crippen molar-refractivity contribution in [3.63, 3.8) is 0 Å². The molecule has 0 atom stereocenters. The number of hydrazone groups is 1. The highest BCUT2D eigenvalue weighted by Crippen LogP contribution is 2.27. The zero-order chi connectivity index (χ0) is 18.1. The maximum atomic E-state index is 11.8. The van der Waals surface area contributed by atoms with Crippen LogP contribution in [0.3, 0.4) is 0 Å². The van der Waals surface area contributed by atoms with Crippen molar-refractivity contribution in [3.05, 3.63) is 59.7 Å². The van der Waals surface area contributed by atoms with E-state index in [2.05, 4.69) is 10.5 Å². The van der Waals surface area contributed by atoms with Gasteiger partial charge in [0, 0.05) is 13.3 Å². The van der Waals surface area contributed by atoms with Gasteiger partial charge in [0.15, 0.2) is 11.5 Å². The lowest BCUT2D eigenvalue weighted by Crippen LogP contribution is -2.17. The van der Waals surface area contributed by atoms with Gasteiger partial charge in [0.2, 0.25) is 5.91 Å². The molecule has 0 unspecified atom stereocenters. The summed E-state index contributed by atoms with van der Waals surface area (Å²) in [6.07, 6.45) is 2.52. The first-order chi connectivity index (χ1) is 12.1. The Hall–Kier alpha value is -3.15. The SMILES string of the molecule is COc1cc(/C=N/NC(=O)CCc2ccccc2)ccc1OC(C)=O. The fourth-order valence-corrected chi connectivity index (χ4v) is 2.14. The lowest BCUT2D eigenvalue weighted by Gasteiger charge is -2.08. The lowest BCUT2D eigenvalue weighted by atomic mass is 10.1. The normalized spacial score (nSPS) is 10.5. The van der Waals surface area contributed by atoms with Crippen molar-refractivity contribution in [2.75, 3.05) is 7.11 Å². The second kappa shape index (κ2) is 9.22. The average molecular weight is 340 g/mol. The third-order valence-corrected chi connectivity index (χ3v) is 3.33. The molecule has 0 fully saturated rings. The zero-order valence-electron chi connectivity index (χ0n) is 14.2. The third kappa shape index (κ3) is 6.10. The second-order valence-corrected chi connectivity index (χ2v) is 5.28. The molecule has 0 saturated heterocycles. The van der Waals surface area contributed by atoms with Gasteiger partial charge in [0.25, 0.3) is 0 Å². The van der Waals surface area contributed by atoms with Gasteiger partial charge in [0.05, 0.1) is 13.3 Å². The van der Waals surface area contributed by atoms with Crippen molar-refractivity contribution in [2.45, 2.75) is 19.8 Å². The van der Waals surface area contributed by atoms with Crippen molar-refractivity contribution >= 4 is 18.1 Å². The first-order valence-corrected chi connectivity index (χ1v) is 7.81. The van der Waals surface area contributed by atoms with E-state index < -0.39 is 5.97 Å². The molecular formula is C19H20N2O4. The Bertz CT molecular complexity index is 757. The number of aryl methyl sites for hydroxylation is 1. The van der Waals surface area contributed by atoms with Crippen LogP contribution in [0.25, 0.3) is 0 Å². The van der Waals surface area contributed by atoms with E-state index in [0.29, 0.717) is 29.9 Å². The molecule has 2 rings (SSSR count). The number of carbonyl (C=O) groups is 2. The summed E-state index contributed by atoms with van der Waals surface area (Å²) in [4.78, 5) is 22.8. The van der Waals surface area contributed by atoms with Crippen molar-refractivity contribution in [1.82, 2.24) is 5.43 Å². The standard InChI is InChI=1S/C19H20N2O4/c1-14(22)25-17-10-8-16(12-18(17)24-2)13-20-21-19(23)11-9-15-6-4-3-5-7-15/h3-8,10,12-13H,9,11H2,1-2H3,(H,21,23)/b20-13+. The molecule has 0 aliphatic rings. The summed E-state index contributed by atoms with van der Waals surface area (Å²) in [6, 6.07) is 14.8. The quantitative estimate of drug-likeness (QED) is 0.364. The second-order valence-electron chi connectivity index (χ2n) is 5.28. The van der Waals surface area contributed by atoms with Crippen LogP contribution in [0.1, 0.15) is 24.5 Å². The molecule has 6 nitrogen and oxygen atoms in total. The smallest absolute Gasteiger partial charge is 0.308 e. The number of hydrogen-bond acceptors (Lipinski definition) is 5. The van der Waals surface area contributed by atoms with Crippen LogP contribution in [0.15, 0.2) is 53.6 Å². The van der Waals surface area contributed by atoms with E-state index in [1.54, 1.807) is 18.2 Å². The fourth-order valence-electron chi connectivity index (χ4n) is 2.14. The minimum atomic E-state index is -0.426. The van der Waals surface area contributed by atoms with Crippen molar-refractivity contribution < 1.29 is 19.1 Å². The van der Waals surface area contributed by atoms with Crippen LogP contribution >= 0.6 is 0 Å². The summed E-state index contributed by atoms with van der Waals surface area (Å²) in [5.41, 5.74) is 4.30. The number of nitrogens with one attached hydrogen (secondary N) is 1. The number of rotatable bonds is 7. The number of hydrogen-bond donors (Lipinski definition) is 1. The number of carbonyl (C=O) groups excluding carboxylic acids is 2. The van der Waals surface area contributed by atoms with Crippen LogP contribution < -0.4 is 14.9 Å². The van der Waals surface area contributed by atoms with E-state index in [1.807, 2.05) is 30.3 Å². The Balaban J connectivity index is 1.88. The van der Waals surface area contributed by atoms with Crippen molar-refractivity contribution in [2.24, 2.45) is 5.10 Å². The molecule has 0 bridgehead atoms. The maximum absolute atomic E-state index is 11.8. The summed E-state index contributed by atoms with van der Waals surface area (Å²) in [5.74, 6) is 0.155. The largest absolute Gasteiger partial charge is 0.493 e. The molecule has 2 aromatic rings. The molecule has 130 valence electrons. The number of methoxy groups -OCH3 is 1. The predicted octanol–water partition coefficient (Wildman–Crippen LogP) is 2.70. The van der Waals surface area contributed by atoms with E-state index in [4.69, 9.17) is 9.47 Å². The monoisotopic (exact) mass is 340 g/mol. The molecule has 2 aromatic carbocycles. The first-order valence-electron chi connectivity index (χ1n) is 7.81. The zero-order valence-corrected chi connectivity index (χ0v) is 14.2. The third-order valence-electron chi connectivity index (χ3n) is 3.33. The topological polar surface area (TPSA) is 77.0 Å². The summed E-state index contributed by atoms with van der Waals surface area (Å²) >= 11 is 0. The Morgan fingerprint density at radius 3 is 2.56 bits per heavy atom. The van der Waals surface area contributed by atoms with E-state index in [9.17, 15) is 9.59 Å². The molecule has 0 radical (unpaired) electrons. The fraction of sp³-hybridized carbons (Fsp3) is 0.211. The average Bonchev–Trinajstić information content (AvgIpc) is 2.61. The summed E-state index contributed by atoms with van der Waals surface area (Å²) in [5, 5.41) is 3.93. The summed E-state index contributed by atoms with van der Waals surface area (Å²) in [7, 11) is 1.48.